The van der Waals surface area contributed by atoms with E-state index >= 15 is 0 Å². The molecule has 0 unspecified atom stereocenters. The van der Waals surface area contributed by atoms with E-state index in [1.54, 1.807) is 0 Å². The van der Waals surface area contributed by atoms with Gasteiger partial charge >= 0.3 is 0 Å². The van der Waals surface area contributed by atoms with Crippen molar-refractivity contribution in [2.45, 2.75) is 59.2 Å². The lowest BCUT2D eigenvalue weighted by atomic mass is 10.0. The Bertz CT molecular complexity index is 556. The fourth-order valence-corrected chi connectivity index (χ4v) is 2.32. The smallest absolute Gasteiger partial charge is 0.0473 e. The number of benzene rings is 1. The van der Waals surface area contributed by atoms with Crippen LogP contribution in [-0.2, 0) is 13.1 Å². The van der Waals surface area contributed by atoms with Crippen molar-refractivity contribution in [2.75, 3.05) is 0 Å². The van der Waals surface area contributed by atoms with Gasteiger partial charge in [-0.15, -0.1) is 0 Å². The van der Waals surface area contributed by atoms with Crippen LogP contribution >= 0.6 is 0 Å². The molecule has 1 aromatic heterocycles. The molecule has 0 aliphatic rings. The van der Waals surface area contributed by atoms with Gasteiger partial charge in [-0.2, -0.15) is 0 Å². The summed E-state index contributed by atoms with van der Waals surface area (Å²) in [6.45, 7) is 12.9. The van der Waals surface area contributed by atoms with Gasteiger partial charge in [0, 0.05) is 30.5 Å². The molecule has 0 aliphatic heterocycles. The summed E-state index contributed by atoms with van der Waals surface area (Å²) in [5.41, 5.74) is 4.24. The van der Waals surface area contributed by atoms with Gasteiger partial charge in [-0.25, -0.2) is 0 Å². The first-order valence-electron chi connectivity index (χ1n) is 7.83. The van der Waals surface area contributed by atoms with Crippen molar-refractivity contribution in [3.05, 3.63) is 59.4 Å². The summed E-state index contributed by atoms with van der Waals surface area (Å²) in [5.74, 6) is 0.595. The summed E-state index contributed by atoms with van der Waals surface area (Å²) >= 11 is 0. The Morgan fingerprint density at radius 3 is 2.29 bits per heavy atom. The monoisotopic (exact) mass is 284 g/mol. The lowest BCUT2D eigenvalue weighted by molar-refractivity contribution is 0.417. The van der Waals surface area contributed by atoms with Gasteiger partial charge < -0.3 is 9.88 Å². The molecule has 0 bridgehead atoms. The van der Waals surface area contributed by atoms with Crippen molar-refractivity contribution in [1.29, 1.82) is 0 Å². The predicted molar refractivity (Wildman–Crippen MR) is 90.7 cm³/mol. The minimum atomic E-state index is 0.147. The lowest BCUT2D eigenvalue weighted by Crippen LogP contribution is -2.35. The van der Waals surface area contributed by atoms with Gasteiger partial charge in [-0.3, -0.25) is 0 Å². The molecule has 1 N–H and O–H groups in total. The van der Waals surface area contributed by atoms with Gasteiger partial charge in [0.2, 0.25) is 0 Å². The zero-order chi connectivity index (χ0) is 15.5. The minimum absolute atomic E-state index is 0.147. The standard InChI is InChI=1S/C19H28N2/c1-15(2)17-10-8-16(9-11-17)14-21-12-6-7-18(21)13-20-19(3,4)5/h6-12,15,20H,13-14H2,1-5H3. The second-order valence-corrected chi connectivity index (χ2v) is 7.13. The van der Waals surface area contributed by atoms with Crippen molar-refractivity contribution >= 4 is 0 Å². The summed E-state index contributed by atoms with van der Waals surface area (Å²) in [6, 6.07) is 13.3. The molecule has 2 rings (SSSR count). The number of nitrogens with zero attached hydrogens (tertiary/aromatic N) is 1. The van der Waals surface area contributed by atoms with Crippen molar-refractivity contribution in [3.8, 4) is 0 Å². The molecule has 0 saturated carbocycles. The lowest BCUT2D eigenvalue weighted by Gasteiger charge is -2.21. The van der Waals surface area contributed by atoms with E-state index in [0.29, 0.717) is 5.92 Å². The molecule has 1 heterocycles. The van der Waals surface area contributed by atoms with Crippen LogP contribution in [-0.4, -0.2) is 10.1 Å². The maximum Gasteiger partial charge on any atom is 0.0473 e. The Kier molecular flexibility index (Phi) is 4.89. The molecule has 0 spiro atoms. The van der Waals surface area contributed by atoms with Crippen LogP contribution in [0.2, 0.25) is 0 Å². The van der Waals surface area contributed by atoms with E-state index < -0.39 is 0 Å². The van der Waals surface area contributed by atoms with E-state index in [-0.39, 0.29) is 5.54 Å². The third-order valence-corrected chi connectivity index (χ3v) is 3.72. The second-order valence-electron chi connectivity index (χ2n) is 7.13. The number of hydrogen-bond acceptors (Lipinski definition) is 1. The number of aromatic nitrogens is 1. The maximum absolute atomic E-state index is 3.55. The molecular formula is C19H28N2. The SMILES string of the molecule is CC(C)c1ccc(Cn2cccc2CNC(C)(C)C)cc1. The molecule has 114 valence electrons. The van der Waals surface area contributed by atoms with Gasteiger partial charge in [0.05, 0.1) is 0 Å². The van der Waals surface area contributed by atoms with Crippen molar-refractivity contribution < 1.29 is 0 Å². The van der Waals surface area contributed by atoms with Gasteiger partial charge in [0.25, 0.3) is 0 Å². The summed E-state index contributed by atoms with van der Waals surface area (Å²) in [5, 5.41) is 3.55. The number of nitrogens with one attached hydrogen (secondary N) is 1. The van der Waals surface area contributed by atoms with E-state index in [4.69, 9.17) is 0 Å². The van der Waals surface area contributed by atoms with Gasteiger partial charge in [-0.05, 0) is 49.9 Å². The molecule has 0 saturated heterocycles. The van der Waals surface area contributed by atoms with Crippen molar-refractivity contribution in [2.24, 2.45) is 0 Å². The Hall–Kier alpha value is -1.54. The maximum atomic E-state index is 3.55. The normalized spacial score (nSPS) is 12.1. The summed E-state index contributed by atoms with van der Waals surface area (Å²) in [4.78, 5) is 0. The Labute approximate surface area is 129 Å². The fraction of sp³-hybridized carbons (Fsp3) is 0.474. The zero-order valence-corrected chi connectivity index (χ0v) is 14.0. The molecule has 2 heteroatoms. The quantitative estimate of drug-likeness (QED) is 0.852. The first kappa shape index (κ1) is 15.8. The van der Waals surface area contributed by atoms with Crippen LogP contribution < -0.4 is 5.32 Å². The van der Waals surface area contributed by atoms with Crippen molar-refractivity contribution in [3.63, 3.8) is 0 Å². The first-order valence-corrected chi connectivity index (χ1v) is 7.83. The number of hydrogen-bond donors (Lipinski definition) is 1. The van der Waals surface area contributed by atoms with Crippen LogP contribution in [0.25, 0.3) is 0 Å². The minimum Gasteiger partial charge on any atom is -0.346 e. The topological polar surface area (TPSA) is 17.0 Å². The van der Waals surface area contributed by atoms with Gasteiger partial charge in [-0.1, -0.05) is 38.1 Å². The summed E-state index contributed by atoms with van der Waals surface area (Å²) in [6.07, 6.45) is 2.16. The van der Waals surface area contributed by atoms with Crippen LogP contribution in [0.4, 0.5) is 0 Å². The molecule has 0 amide bonds. The zero-order valence-electron chi connectivity index (χ0n) is 14.0. The average molecular weight is 284 g/mol. The molecule has 21 heavy (non-hydrogen) atoms. The Balaban J connectivity index is 2.04. The summed E-state index contributed by atoms with van der Waals surface area (Å²) < 4.78 is 2.32. The molecule has 1 aromatic carbocycles. The molecule has 0 aliphatic carbocycles. The number of rotatable bonds is 5. The molecular weight excluding hydrogens is 256 g/mol. The van der Waals surface area contributed by atoms with Crippen LogP contribution in [0.15, 0.2) is 42.6 Å². The predicted octanol–water partition coefficient (Wildman–Crippen LogP) is 4.55. The van der Waals surface area contributed by atoms with E-state index in [0.717, 1.165) is 13.1 Å². The van der Waals surface area contributed by atoms with Crippen LogP contribution in [0.5, 0.6) is 0 Å². The highest BCUT2D eigenvalue weighted by molar-refractivity contribution is 5.25. The van der Waals surface area contributed by atoms with Crippen LogP contribution in [0.1, 0.15) is 57.4 Å². The molecule has 0 fully saturated rings. The third-order valence-electron chi connectivity index (χ3n) is 3.72. The van der Waals surface area contributed by atoms with E-state index in [9.17, 15) is 0 Å². The average Bonchev–Trinajstić information content (AvgIpc) is 2.83. The fourth-order valence-electron chi connectivity index (χ4n) is 2.32. The highest BCUT2D eigenvalue weighted by atomic mass is 15.0. The van der Waals surface area contributed by atoms with E-state index in [2.05, 4.69) is 87.1 Å². The Morgan fingerprint density at radius 1 is 1.05 bits per heavy atom. The third kappa shape index (κ3) is 4.75. The van der Waals surface area contributed by atoms with Gasteiger partial charge in [0.15, 0.2) is 0 Å². The second kappa shape index (κ2) is 6.48. The highest BCUT2D eigenvalue weighted by Gasteiger charge is 2.10. The van der Waals surface area contributed by atoms with Crippen molar-refractivity contribution in [1.82, 2.24) is 9.88 Å². The van der Waals surface area contributed by atoms with Crippen LogP contribution in [0, 0.1) is 0 Å². The largest absolute Gasteiger partial charge is 0.346 e. The Morgan fingerprint density at radius 2 is 1.71 bits per heavy atom. The molecule has 0 atom stereocenters. The highest BCUT2D eigenvalue weighted by Crippen LogP contribution is 2.16. The van der Waals surface area contributed by atoms with E-state index in [1.807, 2.05) is 0 Å². The molecule has 2 nitrogen and oxygen atoms in total. The van der Waals surface area contributed by atoms with Crippen LogP contribution in [0.3, 0.4) is 0 Å². The molecule has 0 radical (unpaired) electrons. The first-order chi connectivity index (χ1) is 9.85. The molecule has 2 aromatic rings. The van der Waals surface area contributed by atoms with Gasteiger partial charge in [0.1, 0.15) is 0 Å². The van der Waals surface area contributed by atoms with E-state index in [1.165, 1.54) is 16.8 Å². The summed E-state index contributed by atoms with van der Waals surface area (Å²) in [7, 11) is 0.